The third-order valence-corrected chi connectivity index (χ3v) is 2.11. The van der Waals surface area contributed by atoms with E-state index >= 15 is 0 Å². The molecule has 1 amide bonds. The average molecular weight is 187 g/mol. The number of nitrogens with one attached hydrogen (secondary N) is 1. The highest BCUT2D eigenvalue weighted by Gasteiger charge is 2.48. The molecule has 0 unspecified atom stereocenters. The van der Waals surface area contributed by atoms with Crippen LogP contribution in [0.4, 0.5) is 0 Å². The van der Waals surface area contributed by atoms with Gasteiger partial charge in [-0.1, -0.05) is 0 Å². The summed E-state index contributed by atoms with van der Waals surface area (Å²) in [6, 6.07) is -0.303. The Morgan fingerprint density at radius 1 is 1.54 bits per heavy atom. The van der Waals surface area contributed by atoms with E-state index in [4.69, 9.17) is 10.2 Å². The summed E-state index contributed by atoms with van der Waals surface area (Å²) in [5.74, 6) is -2.11. The van der Waals surface area contributed by atoms with Gasteiger partial charge in [0, 0.05) is 6.04 Å². The van der Waals surface area contributed by atoms with Gasteiger partial charge in [0.05, 0.1) is 18.4 Å². The number of rotatable bonds is 4. The highest BCUT2D eigenvalue weighted by atomic mass is 16.4. The van der Waals surface area contributed by atoms with Crippen LogP contribution in [-0.2, 0) is 9.59 Å². The second-order valence-electron chi connectivity index (χ2n) is 3.38. The molecule has 1 aliphatic rings. The van der Waals surface area contributed by atoms with Crippen LogP contribution in [0.2, 0.25) is 0 Å². The predicted octanol–water partition coefficient (Wildman–Crippen LogP) is -0.796. The fourth-order valence-electron chi connectivity index (χ4n) is 1.15. The molecule has 0 aromatic rings. The van der Waals surface area contributed by atoms with Gasteiger partial charge in [0.15, 0.2) is 0 Å². The van der Waals surface area contributed by atoms with Crippen LogP contribution in [0.3, 0.4) is 0 Å². The minimum Gasteiger partial charge on any atom is -0.481 e. The second kappa shape index (κ2) is 3.74. The molecule has 0 spiro atoms. The topological polar surface area (TPSA) is 86.6 Å². The number of aliphatic hydroxyl groups is 1. The Hall–Kier alpha value is -1.10. The van der Waals surface area contributed by atoms with Crippen molar-refractivity contribution < 1.29 is 19.8 Å². The number of aliphatic hydroxyl groups excluding tert-OH is 1. The molecule has 0 aromatic heterocycles. The van der Waals surface area contributed by atoms with Crippen LogP contribution in [0.25, 0.3) is 0 Å². The SMILES string of the molecule is C[C@@H](CO)NC(=O)[C@@H]1C[C@@H]1C(=O)O. The Labute approximate surface area is 75.7 Å². The monoisotopic (exact) mass is 187 g/mol. The number of hydrogen-bond donors (Lipinski definition) is 3. The van der Waals surface area contributed by atoms with E-state index in [0.29, 0.717) is 6.42 Å². The smallest absolute Gasteiger partial charge is 0.307 e. The molecule has 1 rings (SSSR count). The molecule has 0 saturated heterocycles. The van der Waals surface area contributed by atoms with Crippen molar-refractivity contribution in [3.8, 4) is 0 Å². The molecule has 5 nitrogen and oxygen atoms in total. The first-order chi connectivity index (χ1) is 6.06. The Kier molecular flexibility index (Phi) is 2.87. The fraction of sp³-hybridized carbons (Fsp3) is 0.750. The van der Waals surface area contributed by atoms with Gasteiger partial charge in [-0.3, -0.25) is 9.59 Å². The molecule has 0 aromatic carbocycles. The van der Waals surface area contributed by atoms with Gasteiger partial charge >= 0.3 is 5.97 Å². The quantitative estimate of drug-likeness (QED) is 0.538. The van der Waals surface area contributed by atoms with Crippen molar-refractivity contribution in [1.29, 1.82) is 0 Å². The minimum atomic E-state index is -0.920. The second-order valence-corrected chi connectivity index (χ2v) is 3.38. The van der Waals surface area contributed by atoms with E-state index in [1.54, 1.807) is 6.92 Å². The Bertz CT molecular complexity index is 228. The normalized spacial score (nSPS) is 27.8. The van der Waals surface area contributed by atoms with Crippen LogP contribution < -0.4 is 5.32 Å². The maximum absolute atomic E-state index is 11.2. The first-order valence-corrected chi connectivity index (χ1v) is 4.20. The predicted molar refractivity (Wildman–Crippen MR) is 43.9 cm³/mol. The molecule has 1 aliphatic carbocycles. The molecule has 3 N–H and O–H groups in total. The van der Waals surface area contributed by atoms with Crippen LogP contribution in [0, 0.1) is 11.8 Å². The molecule has 0 aliphatic heterocycles. The van der Waals surface area contributed by atoms with E-state index in [9.17, 15) is 9.59 Å². The summed E-state index contributed by atoms with van der Waals surface area (Å²) in [5.41, 5.74) is 0. The minimum absolute atomic E-state index is 0.129. The standard InChI is InChI=1S/C8H13NO4/c1-4(3-10)9-7(11)5-2-6(5)8(12)13/h4-6,10H,2-3H2,1H3,(H,9,11)(H,12,13)/t4-,5+,6-/m0/s1. The molecule has 0 heterocycles. The van der Waals surface area contributed by atoms with Gasteiger partial charge in [-0.2, -0.15) is 0 Å². The number of carboxylic acid groups (broad SMARTS) is 1. The zero-order valence-electron chi connectivity index (χ0n) is 7.36. The fourth-order valence-corrected chi connectivity index (χ4v) is 1.15. The third-order valence-electron chi connectivity index (χ3n) is 2.11. The van der Waals surface area contributed by atoms with Gasteiger partial charge in [-0.15, -0.1) is 0 Å². The van der Waals surface area contributed by atoms with Crippen LogP contribution >= 0.6 is 0 Å². The lowest BCUT2D eigenvalue weighted by atomic mass is 10.2. The summed E-state index contributed by atoms with van der Waals surface area (Å²) in [4.78, 5) is 21.6. The van der Waals surface area contributed by atoms with Crippen LogP contribution in [0.15, 0.2) is 0 Å². The number of amides is 1. The molecule has 1 fully saturated rings. The summed E-state index contributed by atoms with van der Waals surface area (Å²) in [6.07, 6.45) is 0.416. The molecular weight excluding hydrogens is 174 g/mol. The van der Waals surface area contributed by atoms with Crippen LogP contribution in [-0.4, -0.2) is 34.7 Å². The van der Waals surface area contributed by atoms with Crippen molar-refractivity contribution in [2.45, 2.75) is 19.4 Å². The lowest BCUT2D eigenvalue weighted by molar-refractivity contribution is -0.140. The lowest BCUT2D eigenvalue weighted by Gasteiger charge is -2.09. The summed E-state index contributed by atoms with van der Waals surface area (Å²) in [7, 11) is 0. The van der Waals surface area contributed by atoms with E-state index in [-0.39, 0.29) is 18.6 Å². The highest BCUT2D eigenvalue weighted by Crippen LogP contribution is 2.38. The van der Waals surface area contributed by atoms with Crippen LogP contribution in [0.1, 0.15) is 13.3 Å². The van der Waals surface area contributed by atoms with E-state index in [1.807, 2.05) is 0 Å². The highest BCUT2D eigenvalue weighted by molar-refractivity contribution is 5.89. The van der Waals surface area contributed by atoms with Gasteiger partial charge < -0.3 is 15.5 Å². The molecule has 1 saturated carbocycles. The van der Waals surface area contributed by atoms with Crippen molar-refractivity contribution in [3.63, 3.8) is 0 Å². The molecule has 13 heavy (non-hydrogen) atoms. The van der Waals surface area contributed by atoms with E-state index in [2.05, 4.69) is 5.32 Å². The number of aliphatic carboxylic acids is 1. The van der Waals surface area contributed by atoms with Gasteiger partial charge in [0.1, 0.15) is 0 Å². The maximum atomic E-state index is 11.2. The molecule has 74 valence electrons. The largest absolute Gasteiger partial charge is 0.481 e. The number of carbonyl (C=O) groups excluding carboxylic acids is 1. The zero-order chi connectivity index (χ0) is 10.0. The molecule has 0 bridgehead atoms. The van der Waals surface area contributed by atoms with Crippen LogP contribution in [0.5, 0.6) is 0 Å². The molecule has 0 radical (unpaired) electrons. The van der Waals surface area contributed by atoms with Crippen molar-refractivity contribution in [2.75, 3.05) is 6.61 Å². The van der Waals surface area contributed by atoms with Crippen molar-refractivity contribution >= 4 is 11.9 Å². The Balaban J connectivity index is 2.31. The molecule has 3 atom stereocenters. The average Bonchev–Trinajstić information content (AvgIpc) is 2.82. The number of hydrogen-bond acceptors (Lipinski definition) is 3. The third kappa shape index (κ3) is 2.42. The Morgan fingerprint density at radius 3 is 2.54 bits per heavy atom. The van der Waals surface area contributed by atoms with Crippen molar-refractivity contribution in [1.82, 2.24) is 5.32 Å². The van der Waals surface area contributed by atoms with Crippen molar-refractivity contribution in [2.24, 2.45) is 11.8 Å². The van der Waals surface area contributed by atoms with Gasteiger partial charge in [-0.05, 0) is 13.3 Å². The van der Waals surface area contributed by atoms with Gasteiger partial charge in [0.2, 0.25) is 5.91 Å². The zero-order valence-corrected chi connectivity index (χ0v) is 7.36. The first kappa shape index (κ1) is 9.98. The van der Waals surface area contributed by atoms with E-state index < -0.39 is 17.8 Å². The van der Waals surface area contributed by atoms with Gasteiger partial charge in [0.25, 0.3) is 0 Å². The first-order valence-electron chi connectivity index (χ1n) is 4.20. The maximum Gasteiger partial charge on any atom is 0.307 e. The number of carboxylic acids is 1. The molecular formula is C8H13NO4. The van der Waals surface area contributed by atoms with Gasteiger partial charge in [-0.25, -0.2) is 0 Å². The summed E-state index contributed by atoms with van der Waals surface area (Å²) < 4.78 is 0. The summed E-state index contributed by atoms with van der Waals surface area (Å²) in [6.45, 7) is 1.53. The van der Waals surface area contributed by atoms with Crippen molar-refractivity contribution in [3.05, 3.63) is 0 Å². The molecule has 5 heteroatoms. The summed E-state index contributed by atoms with van der Waals surface area (Å²) >= 11 is 0. The van der Waals surface area contributed by atoms with E-state index in [1.165, 1.54) is 0 Å². The van der Waals surface area contributed by atoms with E-state index in [0.717, 1.165) is 0 Å². The summed E-state index contributed by atoms with van der Waals surface area (Å²) in [5, 5.41) is 19.7. The number of carbonyl (C=O) groups is 2. The Morgan fingerprint density at radius 2 is 2.15 bits per heavy atom. The lowest BCUT2D eigenvalue weighted by Crippen LogP contribution is -2.36.